The summed E-state index contributed by atoms with van der Waals surface area (Å²) >= 11 is 0. The first kappa shape index (κ1) is 14.7. The van der Waals surface area contributed by atoms with Crippen LogP contribution in [-0.2, 0) is 0 Å². The van der Waals surface area contributed by atoms with Crippen molar-refractivity contribution in [2.75, 3.05) is 12.4 Å². The predicted molar refractivity (Wildman–Crippen MR) is 89.1 cm³/mol. The van der Waals surface area contributed by atoms with E-state index in [9.17, 15) is 4.79 Å². The molecule has 0 bridgehead atoms. The number of aldehydes is 1. The molecule has 0 aliphatic rings. The zero-order chi connectivity index (χ0) is 16.1. The Balaban J connectivity index is 1.77. The van der Waals surface area contributed by atoms with Crippen LogP contribution in [0.5, 0.6) is 5.88 Å². The third kappa shape index (κ3) is 3.52. The Morgan fingerprint density at radius 2 is 1.91 bits per heavy atom. The van der Waals surface area contributed by atoms with E-state index in [1.54, 1.807) is 31.6 Å². The van der Waals surface area contributed by atoms with Gasteiger partial charge in [-0.05, 0) is 29.8 Å². The SMILES string of the molecule is COc1ccc(Nc2ccc(-c3cccc(C=O)c3)cn2)cn1. The van der Waals surface area contributed by atoms with Gasteiger partial charge in [0.05, 0.1) is 19.0 Å². The maximum Gasteiger partial charge on any atom is 0.213 e. The van der Waals surface area contributed by atoms with E-state index < -0.39 is 0 Å². The van der Waals surface area contributed by atoms with Gasteiger partial charge in [-0.3, -0.25) is 4.79 Å². The number of benzene rings is 1. The van der Waals surface area contributed by atoms with Gasteiger partial charge in [0.25, 0.3) is 0 Å². The molecule has 0 saturated carbocycles. The fourth-order valence-corrected chi connectivity index (χ4v) is 2.15. The van der Waals surface area contributed by atoms with Gasteiger partial charge in [-0.2, -0.15) is 0 Å². The van der Waals surface area contributed by atoms with E-state index in [4.69, 9.17) is 4.74 Å². The van der Waals surface area contributed by atoms with Crippen LogP contribution >= 0.6 is 0 Å². The van der Waals surface area contributed by atoms with Crippen LogP contribution in [0.4, 0.5) is 11.5 Å². The topological polar surface area (TPSA) is 64.1 Å². The van der Waals surface area contributed by atoms with Crippen LogP contribution in [0.3, 0.4) is 0 Å². The molecule has 0 radical (unpaired) electrons. The number of methoxy groups -OCH3 is 1. The lowest BCUT2D eigenvalue weighted by molar-refractivity contribution is 0.112. The molecule has 3 rings (SSSR count). The van der Waals surface area contributed by atoms with Crippen LogP contribution in [0, 0.1) is 0 Å². The number of anilines is 2. The molecular formula is C18H15N3O2. The normalized spacial score (nSPS) is 10.1. The molecular weight excluding hydrogens is 290 g/mol. The summed E-state index contributed by atoms with van der Waals surface area (Å²) in [6.45, 7) is 0. The number of carbonyl (C=O) groups excluding carboxylic acids is 1. The number of nitrogens with zero attached hydrogens (tertiary/aromatic N) is 2. The van der Waals surface area contributed by atoms with Crippen LogP contribution in [-0.4, -0.2) is 23.4 Å². The minimum absolute atomic E-state index is 0.564. The van der Waals surface area contributed by atoms with E-state index in [1.807, 2.05) is 36.4 Å². The average Bonchev–Trinajstić information content (AvgIpc) is 2.63. The molecule has 0 amide bonds. The number of hydrogen-bond donors (Lipinski definition) is 1. The van der Waals surface area contributed by atoms with Crippen molar-refractivity contribution in [3.05, 3.63) is 66.5 Å². The average molecular weight is 305 g/mol. The van der Waals surface area contributed by atoms with Crippen molar-refractivity contribution in [3.8, 4) is 17.0 Å². The van der Waals surface area contributed by atoms with Crippen molar-refractivity contribution in [2.24, 2.45) is 0 Å². The summed E-state index contributed by atoms with van der Waals surface area (Å²) in [7, 11) is 1.58. The third-order valence-corrected chi connectivity index (χ3v) is 3.34. The first-order valence-corrected chi connectivity index (χ1v) is 7.07. The molecule has 1 N–H and O–H groups in total. The summed E-state index contributed by atoms with van der Waals surface area (Å²) in [4.78, 5) is 19.4. The molecule has 3 aromatic rings. The van der Waals surface area contributed by atoms with Gasteiger partial charge in [-0.15, -0.1) is 0 Å². The van der Waals surface area contributed by atoms with Gasteiger partial charge in [0.2, 0.25) is 5.88 Å². The molecule has 0 atom stereocenters. The molecule has 0 aliphatic heterocycles. The van der Waals surface area contributed by atoms with E-state index in [0.717, 1.165) is 23.1 Å². The minimum atomic E-state index is 0.564. The molecule has 114 valence electrons. The molecule has 0 unspecified atom stereocenters. The number of rotatable bonds is 5. The molecule has 0 aliphatic carbocycles. The van der Waals surface area contributed by atoms with E-state index >= 15 is 0 Å². The second kappa shape index (κ2) is 6.70. The Hall–Kier alpha value is -3.21. The number of carbonyl (C=O) groups is 1. The van der Waals surface area contributed by atoms with Gasteiger partial charge in [0, 0.05) is 23.4 Å². The van der Waals surface area contributed by atoms with Crippen molar-refractivity contribution in [3.63, 3.8) is 0 Å². The van der Waals surface area contributed by atoms with Gasteiger partial charge in [-0.1, -0.05) is 18.2 Å². The Kier molecular flexibility index (Phi) is 4.29. The maximum atomic E-state index is 10.9. The molecule has 0 fully saturated rings. The summed E-state index contributed by atoms with van der Waals surface area (Å²) in [6.07, 6.45) is 4.29. The molecule has 1 aromatic carbocycles. The van der Waals surface area contributed by atoms with Crippen molar-refractivity contribution in [1.82, 2.24) is 9.97 Å². The van der Waals surface area contributed by atoms with Crippen LogP contribution in [0.2, 0.25) is 0 Å². The Morgan fingerprint density at radius 3 is 2.57 bits per heavy atom. The summed E-state index contributed by atoms with van der Waals surface area (Å²) in [6, 6.07) is 14.9. The number of pyridine rings is 2. The number of nitrogens with one attached hydrogen (secondary N) is 1. The molecule has 0 saturated heterocycles. The van der Waals surface area contributed by atoms with Crippen LogP contribution in [0.15, 0.2) is 60.9 Å². The van der Waals surface area contributed by atoms with Crippen LogP contribution in [0.1, 0.15) is 10.4 Å². The highest BCUT2D eigenvalue weighted by atomic mass is 16.5. The highest BCUT2D eigenvalue weighted by Crippen LogP contribution is 2.22. The first-order valence-electron chi connectivity index (χ1n) is 7.07. The summed E-state index contributed by atoms with van der Waals surface area (Å²) in [5.74, 6) is 1.28. The van der Waals surface area contributed by atoms with Gasteiger partial charge < -0.3 is 10.1 Å². The second-order valence-corrected chi connectivity index (χ2v) is 4.89. The number of ether oxygens (including phenoxy) is 1. The highest BCUT2D eigenvalue weighted by molar-refractivity contribution is 5.78. The smallest absolute Gasteiger partial charge is 0.213 e. The molecule has 5 heteroatoms. The van der Waals surface area contributed by atoms with Crippen molar-refractivity contribution in [2.45, 2.75) is 0 Å². The fraction of sp³-hybridized carbons (Fsp3) is 0.0556. The van der Waals surface area contributed by atoms with Gasteiger partial charge in [-0.25, -0.2) is 9.97 Å². The molecule has 5 nitrogen and oxygen atoms in total. The molecule has 23 heavy (non-hydrogen) atoms. The summed E-state index contributed by atoms with van der Waals surface area (Å²) in [5, 5.41) is 3.17. The zero-order valence-corrected chi connectivity index (χ0v) is 12.6. The number of aromatic nitrogens is 2. The highest BCUT2D eigenvalue weighted by Gasteiger charge is 2.02. The number of hydrogen-bond acceptors (Lipinski definition) is 5. The van der Waals surface area contributed by atoms with Gasteiger partial charge >= 0.3 is 0 Å². The largest absolute Gasteiger partial charge is 0.481 e. The van der Waals surface area contributed by atoms with Gasteiger partial charge in [0.15, 0.2) is 0 Å². The fourth-order valence-electron chi connectivity index (χ4n) is 2.15. The molecule has 2 heterocycles. The predicted octanol–water partition coefficient (Wildman–Crippen LogP) is 3.71. The van der Waals surface area contributed by atoms with Crippen LogP contribution < -0.4 is 10.1 Å². The lowest BCUT2D eigenvalue weighted by atomic mass is 10.1. The van der Waals surface area contributed by atoms with Crippen molar-refractivity contribution >= 4 is 17.8 Å². The van der Waals surface area contributed by atoms with Gasteiger partial charge in [0.1, 0.15) is 12.1 Å². The van der Waals surface area contributed by atoms with Crippen LogP contribution in [0.25, 0.3) is 11.1 Å². The lowest BCUT2D eigenvalue weighted by Gasteiger charge is -2.07. The van der Waals surface area contributed by atoms with Crippen molar-refractivity contribution < 1.29 is 9.53 Å². The van der Waals surface area contributed by atoms with E-state index in [2.05, 4.69) is 15.3 Å². The summed E-state index contributed by atoms with van der Waals surface area (Å²) in [5.41, 5.74) is 3.38. The Labute approximate surface area is 134 Å². The quantitative estimate of drug-likeness (QED) is 0.728. The summed E-state index contributed by atoms with van der Waals surface area (Å²) < 4.78 is 5.02. The standard InChI is InChI=1S/C18H15N3O2/c1-23-18-8-6-16(11-20-18)21-17-7-5-15(10-19-17)14-4-2-3-13(9-14)12-22/h2-12H,1H3,(H,19,21). The Morgan fingerprint density at radius 1 is 1.00 bits per heavy atom. The monoisotopic (exact) mass is 305 g/mol. The van der Waals surface area contributed by atoms with E-state index in [1.165, 1.54) is 0 Å². The zero-order valence-electron chi connectivity index (χ0n) is 12.6. The lowest BCUT2D eigenvalue weighted by Crippen LogP contribution is -1.95. The first-order chi connectivity index (χ1) is 11.3. The second-order valence-electron chi connectivity index (χ2n) is 4.89. The Bertz CT molecular complexity index is 799. The van der Waals surface area contributed by atoms with E-state index in [-0.39, 0.29) is 0 Å². The molecule has 2 aromatic heterocycles. The minimum Gasteiger partial charge on any atom is -0.481 e. The van der Waals surface area contributed by atoms with Crippen molar-refractivity contribution in [1.29, 1.82) is 0 Å². The third-order valence-electron chi connectivity index (χ3n) is 3.34. The molecule has 0 spiro atoms. The van der Waals surface area contributed by atoms with E-state index in [0.29, 0.717) is 17.3 Å². The maximum absolute atomic E-state index is 10.9.